The fourth-order valence-corrected chi connectivity index (χ4v) is 2.94. The molecule has 102 valence electrons. The molecule has 7 nitrogen and oxygen atoms in total. The van der Waals surface area contributed by atoms with Crippen LogP contribution in [-0.4, -0.2) is 46.0 Å². The Balaban J connectivity index is 2.83. The summed E-state index contributed by atoms with van der Waals surface area (Å²) in [5.41, 5.74) is 0.347. The van der Waals surface area contributed by atoms with Gasteiger partial charge < -0.3 is 5.11 Å². The van der Waals surface area contributed by atoms with E-state index in [1.807, 2.05) is 0 Å². The molecular weight excluding hydrogens is 258 g/mol. The Labute approximate surface area is 106 Å². The molecule has 0 saturated heterocycles. The van der Waals surface area contributed by atoms with Crippen molar-refractivity contribution >= 4 is 15.8 Å². The van der Waals surface area contributed by atoms with Crippen molar-refractivity contribution in [2.75, 3.05) is 11.5 Å². The van der Waals surface area contributed by atoms with Crippen LogP contribution in [0.2, 0.25) is 0 Å². The summed E-state index contributed by atoms with van der Waals surface area (Å²) in [6.45, 7) is 3.72. The SMILES string of the molecule is CCCS(=O)(=O)CCn1nnc(C(=O)O)c1CC. The molecule has 0 radical (unpaired) electrons. The highest BCUT2D eigenvalue weighted by molar-refractivity contribution is 7.91. The molecule has 0 fully saturated rings. The summed E-state index contributed by atoms with van der Waals surface area (Å²) in [5.74, 6) is -1.06. The molecule has 0 spiro atoms. The van der Waals surface area contributed by atoms with Gasteiger partial charge in [-0.05, 0) is 12.8 Å². The van der Waals surface area contributed by atoms with Crippen LogP contribution in [0, 0.1) is 0 Å². The first-order chi connectivity index (χ1) is 8.41. The highest BCUT2D eigenvalue weighted by Gasteiger charge is 2.18. The molecule has 0 unspecified atom stereocenters. The van der Waals surface area contributed by atoms with E-state index in [0.717, 1.165) is 0 Å². The first kappa shape index (κ1) is 14.6. The zero-order valence-electron chi connectivity index (χ0n) is 10.5. The predicted molar refractivity (Wildman–Crippen MR) is 65.3 cm³/mol. The van der Waals surface area contributed by atoms with Crippen LogP contribution >= 0.6 is 0 Å². The smallest absolute Gasteiger partial charge is 0.358 e. The van der Waals surface area contributed by atoms with Crippen molar-refractivity contribution in [3.05, 3.63) is 11.4 Å². The monoisotopic (exact) mass is 275 g/mol. The lowest BCUT2D eigenvalue weighted by Gasteiger charge is -2.05. The molecule has 0 saturated carbocycles. The van der Waals surface area contributed by atoms with E-state index in [-0.39, 0.29) is 23.7 Å². The van der Waals surface area contributed by atoms with E-state index in [0.29, 0.717) is 18.5 Å². The van der Waals surface area contributed by atoms with Crippen molar-refractivity contribution in [1.82, 2.24) is 15.0 Å². The maximum Gasteiger partial charge on any atom is 0.358 e. The zero-order chi connectivity index (χ0) is 13.8. The van der Waals surface area contributed by atoms with Crippen molar-refractivity contribution in [3.63, 3.8) is 0 Å². The second-order valence-electron chi connectivity index (χ2n) is 3.92. The van der Waals surface area contributed by atoms with E-state index < -0.39 is 15.8 Å². The van der Waals surface area contributed by atoms with E-state index in [2.05, 4.69) is 10.3 Å². The number of carboxylic acids is 1. The van der Waals surface area contributed by atoms with E-state index in [1.165, 1.54) is 4.68 Å². The minimum atomic E-state index is -3.10. The van der Waals surface area contributed by atoms with Gasteiger partial charge in [0.05, 0.1) is 18.0 Å². The fourth-order valence-electron chi connectivity index (χ4n) is 1.67. The van der Waals surface area contributed by atoms with Crippen LogP contribution in [-0.2, 0) is 22.8 Å². The van der Waals surface area contributed by atoms with Crippen molar-refractivity contribution < 1.29 is 18.3 Å². The highest BCUT2D eigenvalue weighted by atomic mass is 32.2. The van der Waals surface area contributed by atoms with E-state index in [4.69, 9.17) is 5.11 Å². The van der Waals surface area contributed by atoms with Crippen LogP contribution in [0.1, 0.15) is 36.5 Å². The first-order valence-corrected chi connectivity index (χ1v) is 7.59. The van der Waals surface area contributed by atoms with Crippen LogP contribution in [0.4, 0.5) is 0 Å². The molecule has 1 aromatic heterocycles. The number of carbonyl (C=O) groups is 1. The summed E-state index contributed by atoms with van der Waals surface area (Å²) in [7, 11) is -3.10. The third-order valence-corrected chi connectivity index (χ3v) is 4.34. The van der Waals surface area contributed by atoms with Gasteiger partial charge in [0.2, 0.25) is 0 Å². The average Bonchev–Trinajstić information content (AvgIpc) is 2.69. The van der Waals surface area contributed by atoms with Gasteiger partial charge in [0.25, 0.3) is 0 Å². The lowest BCUT2D eigenvalue weighted by molar-refractivity contribution is 0.0689. The molecule has 0 aliphatic rings. The minimum Gasteiger partial charge on any atom is -0.476 e. The number of carboxylic acid groups (broad SMARTS) is 1. The van der Waals surface area contributed by atoms with Gasteiger partial charge in [-0.25, -0.2) is 17.9 Å². The lowest BCUT2D eigenvalue weighted by atomic mass is 10.2. The van der Waals surface area contributed by atoms with Gasteiger partial charge in [0.1, 0.15) is 0 Å². The Morgan fingerprint density at radius 1 is 1.33 bits per heavy atom. The van der Waals surface area contributed by atoms with Crippen LogP contribution in [0.3, 0.4) is 0 Å². The van der Waals surface area contributed by atoms with Crippen molar-refractivity contribution in [2.24, 2.45) is 0 Å². The molecule has 0 atom stereocenters. The minimum absolute atomic E-state index is 0.0454. The molecule has 1 aromatic rings. The van der Waals surface area contributed by atoms with Crippen molar-refractivity contribution in [3.8, 4) is 0 Å². The standard InChI is InChI=1S/C10H17N3O4S/c1-3-6-18(16,17)7-5-13-8(4-2)9(10(14)15)11-12-13/h3-7H2,1-2H3,(H,14,15). The summed E-state index contributed by atoms with van der Waals surface area (Å²) in [5, 5.41) is 16.1. The summed E-state index contributed by atoms with van der Waals surface area (Å²) in [6, 6.07) is 0. The molecule has 0 aromatic carbocycles. The maximum atomic E-state index is 11.6. The average molecular weight is 275 g/mol. The number of rotatable bonds is 7. The highest BCUT2D eigenvalue weighted by Crippen LogP contribution is 2.07. The second-order valence-corrected chi connectivity index (χ2v) is 6.22. The molecule has 0 bridgehead atoms. The molecule has 0 aliphatic heterocycles. The zero-order valence-corrected chi connectivity index (χ0v) is 11.3. The maximum absolute atomic E-state index is 11.6. The molecule has 18 heavy (non-hydrogen) atoms. The third-order valence-electron chi connectivity index (χ3n) is 2.50. The Kier molecular flexibility index (Phi) is 4.83. The summed E-state index contributed by atoms with van der Waals surface area (Å²) < 4.78 is 24.5. The molecular formula is C10H17N3O4S. The van der Waals surface area contributed by atoms with Gasteiger partial charge >= 0.3 is 5.97 Å². The topological polar surface area (TPSA) is 102 Å². The summed E-state index contributed by atoms with van der Waals surface area (Å²) >= 11 is 0. The Morgan fingerprint density at radius 3 is 2.50 bits per heavy atom. The number of aromatic nitrogens is 3. The largest absolute Gasteiger partial charge is 0.476 e. The second kappa shape index (κ2) is 5.94. The summed E-state index contributed by atoms with van der Waals surface area (Å²) in [6.07, 6.45) is 1.02. The van der Waals surface area contributed by atoms with Gasteiger partial charge in [-0.15, -0.1) is 5.10 Å². The van der Waals surface area contributed by atoms with Gasteiger partial charge in [-0.2, -0.15) is 0 Å². The van der Waals surface area contributed by atoms with E-state index in [1.54, 1.807) is 13.8 Å². The number of aryl methyl sites for hydroxylation is 1. The first-order valence-electron chi connectivity index (χ1n) is 5.77. The van der Waals surface area contributed by atoms with Gasteiger partial charge in [-0.3, -0.25) is 0 Å². The summed E-state index contributed by atoms with van der Waals surface area (Å²) in [4.78, 5) is 10.9. The predicted octanol–water partition coefficient (Wildman–Crippen LogP) is 0.364. The number of nitrogens with zero attached hydrogens (tertiary/aromatic N) is 3. The van der Waals surface area contributed by atoms with Crippen molar-refractivity contribution in [1.29, 1.82) is 0 Å². The number of sulfone groups is 1. The van der Waals surface area contributed by atoms with Crippen LogP contribution in [0.25, 0.3) is 0 Å². The molecule has 8 heteroatoms. The van der Waals surface area contributed by atoms with Gasteiger partial charge in [0.15, 0.2) is 15.5 Å². The Bertz CT molecular complexity index is 521. The number of hydrogen-bond acceptors (Lipinski definition) is 5. The fraction of sp³-hybridized carbons (Fsp3) is 0.700. The Hall–Kier alpha value is -1.44. The normalized spacial score (nSPS) is 11.7. The molecule has 0 amide bonds. The lowest BCUT2D eigenvalue weighted by Crippen LogP contribution is -2.18. The molecule has 1 heterocycles. The van der Waals surface area contributed by atoms with Crippen LogP contribution in [0.5, 0.6) is 0 Å². The quantitative estimate of drug-likeness (QED) is 0.771. The van der Waals surface area contributed by atoms with Gasteiger partial charge in [0, 0.05) is 5.75 Å². The van der Waals surface area contributed by atoms with E-state index in [9.17, 15) is 13.2 Å². The Morgan fingerprint density at radius 2 is 2.00 bits per heavy atom. The molecule has 0 aliphatic carbocycles. The number of hydrogen-bond donors (Lipinski definition) is 1. The van der Waals surface area contributed by atoms with Crippen molar-refractivity contribution in [2.45, 2.75) is 33.2 Å². The number of aromatic carboxylic acids is 1. The molecule has 1 N–H and O–H groups in total. The third kappa shape index (κ3) is 3.52. The van der Waals surface area contributed by atoms with Gasteiger partial charge in [-0.1, -0.05) is 19.1 Å². The molecule has 1 rings (SSSR count). The van der Waals surface area contributed by atoms with Crippen LogP contribution in [0.15, 0.2) is 0 Å². The van der Waals surface area contributed by atoms with Crippen LogP contribution < -0.4 is 0 Å². The van der Waals surface area contributed by atoms with E-state index >= 15 is 0 Å².